The van der Waals surface area contributed by atoms with Crippen molar-refractivity contribution in [3.05, 3.63) is 10.4 Å². The molecule has 0 aromatic heterocycles. The van der Waals surface area contributed by atoms with Crippen molar-refractivity contribution in [3.63, 3.8) is 0 Å². The minimum atomic E-state index is 1.25. The molecule has 48 valence electrons. The van der Waals surface area contributed by atoms with Gasteiger partial charge >= 0.3 is 0 Å². The molecule has 0 heterocycles. The van der Waals surface area contributed by atoms with Crippen molar-refractivity contribution in [2.75, 3.05) is 0 Å². The second kappa shape index (κ2) is 16.2. The molecular formula is C5H12N2O. The topological polar surface area (TPSA) is 53.5 Å². The molecular weight excluding hydrogens is 104 g/mol. The number of rotatable bonds is 2. The molecule has 0 spiro atoms. The average molecular weight is 116 g/mol. The Morgan fingerprint density at radius 1 is 1.38 bits per heavy atom. The second-order valence-electron chi connectivity index (χ2n) is 1.44. The third-order valence-corrected chi connectivity index (χ3v) is 0.707. The zero-order valence-corrected chi connectivity index (χ0v) is 5.42. The number of nitroso groups, excluding NO2 is 1. The fraction of sp³-hybridized carbons (Fsp3) is 1.00. The zero-order valence-electron chi connectivity index (χ0n) is 5.42. The lowest BCUT2D eigenvalue weighted by atomic mass is 10.3. The molecule has 0 saturated heterocycles. The van der Waals surface area contributed by atoms with E-state index in [1.165, 1.54) is 24.2 Å². The van der Waals surface area contributed by atoms with Gasteiger partial charge in [-0.1, -0.05) is 33.1 Å². The zero-order chi connectivity index (χ0) is 6.83. The standard InChI is InChI=1S/C5H12.N2O/c1-3-5-4-2;1-2-3/h3-5H2,1-2H3;. The van der Waals surface area contributed by atoms with E-state index in [4.69, 9.17) is 10.4 Å². The van der Waals surface area contributed by atoms with Crippen LogP contribution >= 0.6 is 0 Å². The number of unbranched alkanes of at least 4 members (excludes halogenated alkanes) is 2. The van der Waals surface area contributed by atoms with Crippen LogP contribution in [-0.2, 0) is 0 Å². The number of hydrogen-bond acceptors (Lipinski definition) is 1. The van der Waals surface area contributed by atoms with E-state index < -0.39 is 0 Å². The minimum absolute atomic E-state index is 1.25. The number of hydrogen-bond donors (Lipinski definition) is 0. The third kappa shape index (κ3) is 57.5. The van der Waals surface area contributed by atoms with Gasteiger partial charge in [-0.05, 0) is 0 Å². The highest BCUT2D eigenvalue weighted by atomic mass is 16.2. The molecule has 0 bridgehead atoms. The van der Waals surface area contributed by atoms with Crippen LogP contribution in [0.1, 0.15) is 33.1 Å². The lowest BCUT2D eigenvalue weighted by Gasteiger charge is -1.79. The van der Waals surface area contributed by atoms with Gasteiger partial charge in [-0.25, -0.2) is 0 Å². The summed E-state index contributed by atoms with van der Waals surface area (Å²) < 4.78 is 0. The van der Waals surface area contributed by atoms with Crippen LogP contribution in [0.15, 0.2) is 0 Å². The average Bonchev–Trinajstić information content (AvgIpc) is 1.71. The van der Waals surface area contributed by atoms with E-state index in [0.29, 0.717) is 0 Å². The summed E-state index contributed by atoms with van der Waals surface area (Å²) in [5, 5.41) is 0. The van der Waals surface area contributed by atoms with Gasteiger partial charge in [0.2, 0.25) is 0 Å². The summed E-state index contributed by atoms with van der Waals surface area (Å²) in [6.45, 7) is 4.42. The predicted octanol–water partition coefficient (Wildman–Crippen LogP) is 2.04. The van der Waals surface area contributed by atoms with Crippen LogP contribution in [0.4, 0.5) is 0 Å². The molecule has 0 saturated carbocycles. The van der Waals surface area contributed by atoms with Gasteiger partial charge in [0, 0.05) is 0 Å². The first-order valence-electron chi connectivity index (χ1n) is 2.80. The molecule has 0 radical (unpaired) electrons. The Morgan fingerprint density at radius 2 is 1.62 bits per heavy atom. The van der Waals surface area contributed by atoms with Gasteiger partial charge in [0.25, 0.3) is 0 Å². The summed E-state index contributed by atoms with van der Waals surface area (Å²) in [5.74, 6) is 0. The summed E-state index contributed by atoms with van der Waals surface area (Å²) in [4.78, 5) is 9.36. The predicted molar refractivity (Wildman–Crippen MR) is 34.1 cm³/mol. The molecule has 3 heteroatoms. The first-order chi connectivity index (χ1) is 3.83. The summed E-state index contributed by atoms with van der Waals surface area (Å²) in [6, 6.07) is 0. The molecule has 0 atom stereocenters. The van der Waals surface area contributed by atoms with Crippen molar-refractivity contribution in [1.82, 2.24) is 4.97 Å². The molecule has 0 aromatic rings. The highest BCUT2D eigenvalue weighted by Gasteiger charge is 1.68. The normalized spacial score (nSPS) is 6.25. The fourth-order valence-electron chi connectivity index (χ4n) is 0.354. The summed E-state index contributed by atoms with van der Waals surface area (Å²) in [6.07, 6.45) is 4.08. The van der Waals surface area contributed by atoms with Crippen LogP contribution in [0.3, 0.4) is 0 Å². The Kier molecular flexibility index (Phi) is 21.0. The van der Waals surface area contributed by atoms with Crippen molar-refractivity contribution in [1.29, 1.82) is 0 Å². The van der Waals surface area contributed by atoms with E-state index in [1.807, 2.05) is 0 Å². The van der Waals surface area contributed by atoms with Crippen molar-refractivity contribution in [3.8, 4) is 0 Å². The largest absolute Gasteiger partial charge is 0.294 e. The Balaban J connectivity index is 0. The molecule has 0 aliphatic carbocycles. The maximum Gasteiger partial charge on any atom is 0.151 e. The van der Waals surface area contributed by atoms with Gasteiger partial charge in [-0.3, -0.25) is 5.53 Å². The summed E-state index contributed by atoms with van der Waals surface area (Å²) in [5.41, 5.74) is 6.64. The lowest BCUT2D eigenvalue weighted by Crippen LogP contribution is -1.59. The van der Waals surface area contributed by atoms with Gasteiger partial charge in [-0.2, -0.15) is 0 Å². The number of nitrogens with zero attached hydrogens (tertiary/aromatic N) is 2. The quantitative estimate of drug-likeness (QED) is 0.402. The summed E-state index contributed by atoms with van der Waals surface area (Å²) >= 11 is 0. The van der Waals surface area contributed by atoms with Crippen molar-refractivity contribution in [2.45, 2.75) is 33.1 Å². The van der Waals surface area contributed by atoms with E-state index in [0.717, 1.165) is 0 Å². The lowest BCUT2D eigenvalue weighted by molar-refractivity contribution is 0.772. The fourth-order valence-corrected chi connectivity index (χ4v) is 0.354. The molecule has 0 N–H and O–H groups in total. The Hall–Kier alpha value is -0.690. The van der Waals surface area contributed by atoms with Crippen LogP contribution < -0.4 is 4.97 Å². The van der Waals surface area contributed by atoms with Crippen molar-refractivity contribution < 1.29 is 0 Å². The Labute approximate surface area is 49.6 Å². The van der Waals surface area contributed by atoms with E-state index in [9.17, 15) is 0 Å². The second-order valence-corrected chi connectivity index (χ2v) is 1.44. The molecule has 3 nitrogen and oxygen atoms in total. The van der Waals surface area contributed by atoms with Crippen molar-refractivity contribution >= 4 is 0 Å². The smallest absolute Gasteiger partial charge is 0.151 e. The molecule has 0 amide bonds. The van der Waals surface area contributed by atoms with Gasteiger partial charge in [0.1, 0.15) is 4.97 Å². The van der Waals surface area contributed by atoms with E-state index >= 15 is 0 Å². The molecule has 0 rings (SSSR count). The monoisotopic (exact) mass is 116 g/mol. The molecule has 0 fully saturated rings. The molecule has 0 unspecified atom stereocenters. The van der Waals surface area contributed by atoms with E-state index in [2.05, 4.69) is 13.8 Å². The SMILES string of the molecule is CCCCC.[N-]=[N+]=O. The van der Waals surface area contributed by atoms with Crippen LogP contribution in [0.2, 0.25) is 0 Å². The highest BCUT2D eigenvalue weighted by molar-refractivity contribution is 4.24. The van der Waals surface area contributed by atoms with Gasteiger partial charge in [-0.15, -0.1) is 0 Å². The van der Waals surface area contributed by atoms with E-state index in [1.54, 1.807) is 0 Å². The van der Waals surface area contributed by atoms with Crippen LogP contribution in [0.5, 0.6) is 0 Å². The maximum atomic E-state index is 8.11. The van der Waals surface area contributed by atoms with Crippen LogP contribution in [-0.4, -0.2) is 0 Å². The maximum absolute atomic E-state index is 8.11. The van der Waals surface area contributed by atoms with Gasteiger partial charge < -0.3 is 0 Å². The van der Waals surface area contributed by atoms with E-state index in [-0.39, 0.29) is 0 Å². The first kappa shape index (κ1) is 10.3. The Morgan fingerprint density at radius 3 is 1.62 bits per heavy atom. The van der Waals surface area contributed by atoms with Gasteiger partial charge in [0.15, 0.2) is 4.91 Å². The third-order valence-electron chi connectivity index (χ3n) is 0.707. The molecule has 8 heavy (non-hydrogen) atoms. The Bertz CT molecular complexity index is 55.4. The highest BCUT2D eigenvalue weighted by Crippen LogP contribution is 1.88. The summed E-state index contributed by atoms with van der Waals surface area (Å²) in [7, 11) is 0. The van der Waals surface area contributed by atoms with Gasteiger partial charge in [0.05, 0.1) is 0 Å². The first-order valence-corrected chi connectivity index (χ1v) is 2.80. The molecule has 0 aromatic carbocycles. The van der Waals surface area contributed by atoms with Crippen LogP contribution in [0, 0.1) is 4.91 Å². The minimum Gasteiger partial charge on any atom is -0.294 e. The van der Waals surface area contributed by atoms with Crippen LogP contribution in [0.25, 0.3) is 5.53 Å². The van der Waals surface area contributed by atoms with Crippen molar-refractivity contribution in [2.24, 2.45) is 0 Å². The molecule has 0 aliphatic heterocycles. The molecule has 0 aliphatic rings.